The third kappa shape index (κ3) is 5.49. The number of nitrogen functional groups attached to an aromatic ring is 1. The Hall–Kier alpha value is -1.63. The van der Waals surface area contributed by atoms with Gasteiger partial charge in [-0.15, -0.1) is 0 Å². The molecular weight excluding hydrogens is 337 g/mol. The van der Waals surface area contributed by atoms with Crippen LogP contribution >= 0.6 is 23.2 Å². The number of nitrogens with zero attached hydrogens (tertiary/aromatic N) is 3. The predicted molar refractivity (Wildman–Crippen MR) is 92.9 cm³/mol. The van der Waals surface area contributed by atoms with E-state index in [-0.39, 0.29) is 11.9 Å². The lowest BCUT2D eigenvalue weighted by molar-refractivity contribution is 0.130. The Morgan fingerprint density at radius 2 is 1.96 bits per heavy atom. The van der Waals surface area contributed by atoms with Crippen molar-refractivity contribution in [2.75, 3.05) is 24.2 Å². The van der Waals surface area contributed by atoms with Crippen LogP contribution in [0.5, 0.6) is 0 Å². The van der Waals surface area contributed by atoms with E-state index in [1.54, 1.807) is 12.1 Å². The van der Waals surface area contributed by atoms with Gasteiger partial charge in [0.25, 0.3) is 0 Å². The molecule has 2 aromatic rings. The normalized spacial score (nSPS) is 11.0. The quantitative estimate of drug-likeness (QED) is 0.739. The maximum absolute atomic E-state index is 5.95. The fourth-order valence-corrected chi connectivity index (χ4v) is 2.12. The minimum absolute atomic E-state index is 0.187. The molecule has 8 heteroatoms. The molecule has 3 N–H and O–H groups in total. The number of nitrogens with one attached hydrogen (secondary N) is 1. The number of benzene rings is 1. The lowest BCUT2D eigenvalue weighted by Crippen LogP contribution is -2.14. The first-order chi connectivity index (χ1) is 11.0. The summed E-state index contributed by atoms with van der Waals surface area (Å²) >= 11 is 11.8. The molecule has 124 valence electrons. The molecule has 0 aliphatic rings. The van der Waals surface area contributed by atoms with Crippen molar-refractivity contribution in [3.63, 3.8) is 0 Å². The molecule has 1 aromatic carbocycles. The van der Waals surface area contributed by atoms with Gasteiger partial charge in [-0.2, -0.15) is 15.0 Å². The van der Waals surface area contributed by atoms with Crippen molar-refractivity contribution >= 4 is 35.1 Å². The Balaban J connectivity index is 1.78. The van der Waals surface area contributed by atoms with Crippen LogP contribution in [0, 0.1) is 0 Å². The molecule has 0 aliphatic carbocycles. The molecule has 0 bridgehead atoms. The van der Waals surface area contributed by atoms with Crippen LogP contribution in [0.15, 0.2) is 18.2 Å². The molecule has 0 fully saturated rings. The first-order valence-corrected chi connectivity index (χ1v) is 7.98. The van der Waals surface area contributed by atoms with Crippen LogP contribution in [-0.2, 0) is 11.3 Å². The van der Waals surface area contributed by atoms with Gasteiger partial charge in [-0.1, -0.05) is 43.1 Å². The predicted octanol–water partition coefficient (Wildman–Crippen LogP) is 3.51. The number of hydrogen-bond acceptors (Lipinski definition) is 6. The van der Waals surface area contributed by atoms with Crippen molar-refractivity contribution in [1.82, 2.24) is 15.0 Å². The van der Waals surface area contributed by atoms with E-state index < -0.39 is 0 Å². The second kappa shape index (κ2) is 8.29. The van der Waals surface area contributed by atoms with Gasteiger partial charge >= 0.3 is 0 Å². The topological polar surface area (TPSA) is 86.0 Å². The molecule has 0 saturated carbocycles. The highest BCUT2D eigenvalue weighted by Gasteiger charge is 2.07. The van der Waals surface area contributed by atoms with Gasteiger partial charge in [-0.25, -0.2) is 0 Å². The van der Waals surface area contributed by atoms with Gasteiger partial charge in [0.15, 0.2) is 0 Å². The second-order valence-electron chi connectivity index (χ2n) is 5.26. The summed E-state index contributed by atoms with van der Waals surface area (Å²) in [5.74, 6) is 1.52. The minimum atomic E-state index is 0.187. The summed E-state index contributed by atoms with van der Waals surface area (Å²) < 4.78 is 5.58. The van der Waals surface area contributed by atoms with Gasteiger partial charge in [0.2, 0.25) is 11.9 Å². The molecule has 23 heavy (non-hydrogen) atoms. The Bertz CT molecular complexity index is 666. The summed E-state index contributed by atoms with van der Waals surface area (Å²) in [5, 5.41) is 4.13. The average molecular weight is 356 g/mol. The summed E-state index contributed by atoms with van der Waals surface area (Å²) in [7, 11) is 0. The second-order valence-corrected chi connectivity index (χ2v) is 6.07. The van der Waals surface area contributed by atoms with E-state index in [0.717, 1.165) is 5.56 Å². The molecule has 0 spiro atoms. The monoisotopic (exact) mass is 355 g/mol. The molecule has 0 amide bonds. The fourth-order valence-electron chi connectivity index (χ4n) is 1.80. The van der Waals surface area contributed by atoms with E-state index in [9.17, 15) is 0 Å². The van der Waals surface area contributed by atoms with Gasteiger partial charge in [0.05, 0.1) is 23.3 Å². The first-order valence-electron chi connectivity index (χ1n) is 7.22. The molecule has 0 radical (unpaired) electrons. The maximum atomic E-state index is 5.95. The first kappa shape index (κ1) is 17.7. The highest BCUT2D eigenvalue weighted by Crippen LogP contribution is 2.22. The fraction of sp³-hybridized carbons (Fsp3) is 0.400. The van der Waals surface area contributed by atoms with Gasteiger partial charge in [0, 0.05) is 12.5 Å². The summed E-state index contributed by atoms with van der Waals surface area (Å²) in [4.78, 5) is 12.5. The molecule has 1 aromatic heterocycles. The molecule has 6 nitrogen and oxygen atoms in total. The average Bonchev–Trinajstić information content (AvgIpc) is 2.50. The summed E-state index contributed by atoms with van der Waals surface area (Å²) in [6.45, 7) is 5.50. The van der Waals surface area contributed by atoms with Crippen LogP contribution in [-0.4, -0.2) is 28.1 Å². The Kier molecular flexibility index (Phi) is 6.38. The van der Waals surface area contributed by atoms with Crippen molar-refractivity contribution in [3.05, 3.63) is 39.6 Å². The zero-order chi connectivity index (χ0) is 16.8. The molecule has 0 aliphatic heterocycles. The summed E-state index contributed by atoms with van der Waals surface area (Å²) in [6.07, 6.45) is 0. The Morgan fingerprint density at radius 3 is 2.65 bits per heavy atom. The zero-order valence-electron chi connectivity index (χ0n) is 13.0. The summed E-state index contributed by atoms with van der Waals surface area (Å²) in [6, 6.07) is 5.42. The minimum Gasteiger partial charge on any atom is -0.375 e. The van der Waals surface area contributed by atoms with Crippen molar-refractivity contribution in [2.24, 2.45) is 0 Å². The highest BCUT2D eigenvalue weighted by atomic mass is 35.5. The number of hydrogen-bond donors (Lipinski definition) is 2. The SMILES string of the molecule is CC(C)c1nc(N)nc(NCCOCc2ccc(Cl)c(Cl)c2)n1. The molecular formula is C15H19Cl2N5O. The molecule has 0 unspecified atom stereocenters. The summed E-state index contributed by atoms with van der Waals surface area (Å²) in [5.41, 5.74) is 6.64. The van der Waals surface area contributed by atoms with Gasteiger partial charge < -0.3 is 15.8 Å². The number of aromatic nitrogens is 3. The van der Waals surface area contributed by atoms with Crippen LogP contribution in [0.25, 0.3) is 0 Å². The van der Waals surface area contributed by atoms with Crippen LogP contribution in [0.3, 0.4) is 0 Å². The number of anilines is 2. The van der Waals surface area contributed by atoms with Crippen molar-refractivity contribution in [1.29, 1.82) is 0 Å². The Labute approximate surface area is 145 Å². The van der Waals surface area contributed by atoms with E-state index in [0.29, 0.717) is 41.6 Å². The number of ether oxygens (including phenoxy) is 1. The zero-order valence-corrected chi connectivity index (χ0v) is 14.5. The van der Waals surface area contributed by atoms with Crippen LogP contribution in [0.4, 0.5) is 11.9 Å². The number of halogens is 2. The smallest absolute Gasteiger partial charge is 0.227 e. The van der Waals surface area contributed by atoms with E-state index in [2.05, 4.69) is 20.3 Å². The number of nitrogens with two attached hydrogens (primary N) is 1. The van der Waals surface area contributed by atoms with E-state index in [1.807, 2.05) is 19.9 Å². The van der Waals surface area contributed by atoms with Crippen molar-refractivity contribution in [2.45, 2.75) is 26.4 Å². The van der Waals surface area contributed by atoms with E-state index >= 15 is 0 Å². The lowest BCUT2D eigenvalue weighted by atomic mass is 10.2. The van der Waals surface area contributed by atoms with E-state index in [4.69, 9.17) is 33.7 Å². The van der Waals surface area contributed by atoms with Crippen molar-refractivity contribution < 1.29 is 4.74 Å². The standard InChI is InChI=1S/C15H19Cl2N5O/c1-9(2)13-20-14(18)22-15(21-13)19-5-6-23-8-10-3-4-11(16)12(17)7-10/h3-4,7,9H,5-6,8H2,1-2H3,(H3,18,19,20,21,22). The van der Waals surface area contributed by atoms with Crippen LogP contribution in [0.2, 0.25) is 10.0 Å². The third-order valence-corrected chi connectivity index (χ3v) is 3.71. The van der Waals surface area contributed by atoms with Crippen LogP contribution in [0.1, 0.15) is 31.2 Å². The largest absolute Gasteiger partial charge is 0.375 e. The van der Waals surface area contributed by atoms with E-state index in [1.165, 1.54) is 0 Å². The third-order valence-electron chi connectivity index (χ3n) is 2.97. The van der Waals surface area contributed by atoms with Crippen molar-refractivity contribution in [3.8, 4) is 0 Å². The Morgan fingerprint density at radius 1 is 1.17 bits per heavy atom. The van der Waals surface area contributed by atoms with Crippen LogP contribution < -0.4 is 11.1 Å². The molecule has 0 saturated heterocycles. The lowest BCUT2D eigenvalue weighted by Gasteiger charge is -2.09. The van der Waals surface area contributed by atoms with Gasteiger partial charge in [0.1, 0.15) is 5.82 Å². The maximum Gasteiger partial charge on any atom is 0.227 e. The molecule has 0 atom stereocenters. The highest BCUT2D eigenvalue weighted by molar-refractivity contribution is 6.42. The van der Waals surface area contributed by atoms with Gasteiger partial charge in [-0.3, -0.25) is 0 Å². The number of rotatable bonds is 7. The van der Waals surface area contributed by atoms with Gasteiger partial charge in [-0.05, 0) is 17.7 Å². The molecule has 1 heterocycles. The molecule has 2 rings (SSSR count).